The van der Waals surface area contributed by atoms with Gasteiger partial charge < -0.3 is 9.64 Å². The Labute approximate surface area is 209 Å². The molecule has 35 heavy (non-hydrogen) atoms. The van der Waals surface area contributed by atoms with Crippen LogP contribution in [0.4, 0.5) is 0 Å². The molecule has 0 unspecified atom stereocenters. The van der Waals surface area contributed by atoms with E-state index in [1.807, 2.05) is 23.1 Å². The van der Waals surface area contributed by atoms with Gasteiger partial charge >= 0.3 is 0 Å². The fraction of sp³-hybridized carbons (Fsp3) is 0.444. The molecule has 1 amide bonds. The van der Waals surface area contributed by atoms with Crippen LogP contribution in [-0.4, -0.2) is 80.9 Å². The highest BCUT2D eigenvalue weighted by Crippen LogP contribution is 2.22. The molecule has 0 aliphatic carbocycles. The van der Waals surface area contributed by atoms with Crippen LogP contribution in [0.3, 0.4) is 0 Å². The van der Waals surface area contributed by atoms with Crippen LogP contribution in [0.2, 0.25) is 0 Å². The molecule has 188 valence electrons. The molecule has 7 nitrogen and oxygen atoms in total. The number of piperazine rings is 1. The summed E-state index contributed by atoms with van der Waals surface area (Å²) in [6.45, 7) is 4.97. The van der Waals surface area contributed by atoms with E-state index in [0.717, 1.165) is 45.3 Å². The highest BCUT2D eigenvalue weighted by molar-refractivity contribution is 7.89. The number of rotatable bonds is 8. The maximum Gasteiger partial charge on any atom is 0.260 e. The van der Waals surface area contributed by atoms with E-state index in [1.54, 1.807) is 28.6 Å². The van der Waals surface area contributed by atoms with E-state index in [9.17, 15) is 13.2 Å². The molecule has 0 spiro atoms. The van der Waals surface area contributed by atoms with Crippen LogP contribution < -0.4 is 4.74 Å². The summed E-state index contributed by atoms with van der Waals surface area (Å²) in [6, 6.07) is 16.6. The fourth-order valence-corrected chi connectivity index (χ4v) is 5.97. The molecular formula is C27H35N3O4S. The van der Waals surface area contributed by atoms with E-state index in [2.05, 4.69) is 29.2 Å². The Morgan fingerprint density at radius 3 is 2.14 bits per heavy atom. The maximum atomic E-state index is 12.9. The Hall–Kier alpha value is -2.68. The van der Waals surface area contributed by atoms with Gasteiger partial charge in [0, 0.05) is 45.8 Å². The molecule has 2 saturated heterocycles. The summed E-state index contributed by atoms with van der Waals surface area (Å²) in [5.74, 6) is 0.448. The standard InChI is InChI=1S/C27H35N3O4S/c31-27(29-21-19-28(20-22-29)16-8-11-24-9-4-3-5-10-24)23-34-25-12-14-26(15-13-25)35(32,33)30-17-6-1-2-7-18-30/h3-5,8-15H,1-2,6-7,16-23H2/b11-8+. The molecule has 4 rings (SSSR count). The Morgan fingerprint density at radius 2 is 1.49 bits per heavy atom. The highest BCUT2D eigenvalue weighted by Gasteiger charge is 2.25. The summed E-state index contributed by atoms with van der Waals surface area (Å²) in [7, 11) is -3.49. The molecule has 0 radical (unpaired) electrons. The topological polar surface area (TPSA) is 70.2 Å². The van der Waals surface area contributed by atoms with Crippen LogP contribution in [0, 0.1) is 0 Å². The van der Waals surface area contributed by atoms with Gasteiger partial charge in [-0.25, -0.2) is 8.42 Å². The monoisotopic (exact) mass is 497 g/mol. The van der Waals surface area contributed by atoms with Crippen molar-refractivity contribution in [1.29, 1.82) is 0 Å². The lowest BCUT2D eigenvalue weighted by molar-refractivity contribution is -0.135. The van der Waals surface area contributed by atoms with E-state index < -0.39 is 10.0 Å². The number of hydrogen-bond donors (Lipinski definition) is 0. The summed E-state index contributed by atoms with van der Waals surface area (Å²) in [6.07, 6.45) is 8.24. The van der Waals surface area contributed by atoms with Crippen molar-refractivity contribution < 1.29 is 17.9 Å². The van der Waals surface area contributed by atoms with Gasteiger partial charge in [0.05, 0.1) is 4.90 Å². The van der Waals surface area contributed by atoms with Crippen molar-refractivity contribution in [3.8, 4) is 5.75 Å². The largest absolute Gasteiger partial charge is 0.484 e. The van der Waals surface area contributed by atoms with Gasteiger partial charge in [-0.15, -0.1) is 0 Å². The summed E-state index contributed by atoms with van der Waals surface area (Å²) in [4.78, 5) is 17.0. The van der Waals surface area contributed by atoms with Crippen molar-refractivity contribution >= 4 is 22.0 Å². The van der Waals surface area contributed by atoms with Gasteiger partial charge in [0.2, 0.25) is 10.0 Å². The van der Waals surface area contributed by atoms with Crippen molar-refractivity contribution in [3.05, 3.63) is 66.2 Å². The van der Waals surface area contributed by atoms with Crippen molar-refractivity contribution in [2.75, 3.05) is 52.4 Å². The SMILES string of the molecule is O=C(COc1ccc(S(=O)(=O)N2CCCCCC2)cc1)N1CCN(C/C=C/c2ccccc2)CC1. The minimum atomic E-state index is -3.49. The number of sulfonamides is 1. The number of carbonyl (C=O) groups excluding carboxylic acids is 1. The van der Waals surface area contributed by atoms with Crippen LogP contribution in [0.25, 0.3) is 6.08 Å². The van der Waals surface area contributed by atoms with Crippen LogP contribution >= 0.6 is 0 Å². The fourth-order valence-electron chi connectivity index (χ4n) is 4.46. The third-order valence-electron chi connectivity index (χ3n) is 6.59. The molecule has 0 bridgehead atoms. The predicted octanol–water partition coefficient (Wildman–Crippen LogP) is 3.49. The molecule has 2 aliphatic rings. The number of ether oxygens (including phenoxy) is 1. The number of hydrogen-bond acceptors (Lipinski definition) is 5. The van der Waals surface area contributed by atoms with Crippen molar-refractivity contribution in [3.63, 3.8) is 0 Å². The second kappa shape index (κ2) is 12.3. The van der Waals surface area contributed by atoms with Gasteiger partial charge in [0.15, 0.2) is 6.61 Å². The second-order valence-corrected chi connectivity index (χ2v) is 11.0. The van der Waals surface area contributed by atoms with Gasteiger partial charge in [-0.1, -0.05) is 55.3 Å². The lowest BCUT2D eigenvalue weighted by Gasteiger charge is -2.34. The van der Waals surface area contributed by atoms with Crippen LogP contribution in [0.15, 0.2) is 65.6 Å². The van der Waals surface area contributed by atoms with Crippen LogP contribution in [-0.2, 0) is 14.8 Å². The van der Waals surface area contributed by atoms with Crippen molar-refractivity contribution in [2.24, 2.45) is 0 Å². The third kappa shape index (κ3) is 7.16. The van der Waals surface area contributed by atoms with E-state index in [4.69, 9.17) is 4.74 Å². The maximum absolute atomic E-state index is 12.9. The number of benzene rings is 2. The molecule has 0 N–H and O–H groups in total. The van der Waals surface area contributed by atoms with E-state index in [1.165, 1.54) is 5.56 Å². The zero-order valence-electron chi connectivity index (χ0n) is 20.2. The Kier molecular flexibility index (Phi) is 8.95. The highest BCUT2D eigenvalue weighted by atomic mass is 32.2. The van der Waals surface area contributed by atoms with Crippen LogP contribution in [0.1, 0.15) is 31.2 Å². The van der Waals surface area contributed by atoms with E-state index in [0.29, 0.717) is 31.9 Å². The Morgan fingerprint density at radius 1 is 0.829 bits per heavy atom. The minimum Gasteiger partial charge on any atom is -0.484 e. The molecule has 2 aromatic carbocycles. The molecule has 2 fully saturated rings. The lowest BCUT2D eigenvalue weighted by Crippen LogP contribution is -2.49. The van der Waals surface area contributed by atoms with Gasteiger partial charge in [0.25, 0.3) is 5.91 Å². The zero-order valence-corrected chi connectivity index (χ0v) is 21.0. The predicted molar refractivity (Wildman–Crippen MR) is 138 cm³/mol. The summed E-state index contributed by atoms with van der Waals surface area (Å²) in [5, 5.41) is 0. The number of carbonyl (C=O) groups is 1. The molecule has 0 aromatic heterocycles. The second-order valence-electron chi connectivity index (χ2n) is 9.07. The first-order chi connectivity index (χ1) is 17.0. The Balaban J connectivity index is 1.21. The smallest absolute Gasteiger partial charge is 0.260 e. The van der Waals surface area contributed by atoms with Gasteiger partial charge in [0.1, 0.15) is 5.75 Å². The van der Waals surface area contributed by atoms with E-state index >= 15 is 0 Å². The minimum absolute atomic E-state index is 0.0495. The quantitative estimate of drug-likeness (QED) is 0.559. The first-order valence-corrected chi connectivity index (χ1v) is 13.9. The van der Waals surface area contributed by atoms with E-state index in [-0.39, 0.29) is 17.4 Å². The average molecular weight is 498 g/mol. The van der Waals surface area contributed by atoms with Gasteiger partial charge in [-0.3, -0.25) is 9.69 Å². The summed E-state index contributed by atoms with van der Waals surface area (Å²) >= 11 is 0. The van der Waals surface area contributed by atoms with Gasteiger partial charge in [-0.2, -0.15) is 4.31 Å². The molecule has 2 heterocycles. The molecule has 2 aliphatic heterocycles. The normalized spacial score (nSPS) is 18.5. The lowest BCUT2D eigenvalue weighted by atomic mass is 10.2. The van der Waals surface area contributed by atoms with Gasteiger partial charge in [-0.05, 0) is 42.7 Å². The number of amides is 1. The molecule has 2 aromatic rings. The molecular weight excluding hydrogens is 462 g/mol. The first kappa shape index (κ1) is 25.4. The first-order valence-electron chi connectivity index (χ1n) is 12.5. The summed E-state index contributed by atoms with van der Waals surface area (Å²) < 4.78 is 33.1. The Bertz CT molecular complexity index is 1070. The molecule has 8 heteroatoms. The molecule has 0 atom stereocenters. The average Bonchev–Trinajstić information content (AvgIpc) is 3.19. The number of nitrogens with zero attached hydrogens (tertiary/aromatic N) is 3. The van der Waals surface area contributed by atoms with Crippen molar-refractivity contribution in [2.45, 2.75) is 30.6 Å². The zero-order chi connectivity index (χ0) is 24.5. The molecule has 0 saturated carbocycles. The summed E-state index contributed by atoms with van der Waals surface area (Å²) in [5.41, 5.74) is 1.19. The van der Waals surface area contributed by atoms with Crippen LogP contribution in [0.5, 0.6) is 5.75 Å². The third-order valence-corrected chi connectivity index (χ3v) is 8.50. The van der Waals surface area contributed by atoms with Crippen molar-refractivity contribution in [1.82, 2.24) is 14.1 Å².